The van der Waals surface area contributed by atoms with Crippen molar-refractivity contribution in [2.24, 2.45) is 5.92 Å². The van der Waals surface area contributed by atoms with E-state index in [0.717, 1.165) is 38.1 Å². The van der Waals surface area contributed by atoms with Crippen molar-refractivity contribution in [2.75, 3.05) is 13.1 Å². The van der Waals surface area contributed by atoms with E-state index in [2.05, 4.69) is 26.1 Å². The number of rotatable bonds is 1. The first-order valence-corrected chi connectivity index (χ1v) is 6.03. The molecule has 1 spiro atoms. The molecule has 16 heavy (non-hydrogen) atoms. The van der Waals surface area contributed by atoms with E-state index in [1.807, 2.05) is 0 Å². The zero-order chi connectivity index (χ0) is 12.2. The number of hydrogen-bond acceptors (Lipinski definition) is 2. The molecule has 1 N–H and O–H groups in total. The minimum Gasteiger partial charge on any atom is -0.354 e. The molecule has 0 aromatic carbocycles. The van der Waals surface area contributed by atoms with Crippen molar-refractivity contribution in [3.63, 3.8) is 0 Å². The van der Waals surface area contributed by atoms with E-state index < -0.39 is 5.54 Å². The van der Waals surface area contributed by atoms with Gasteiger partial charge < -0.3 is 10.2 Å². The summed E-state index contributed by atoms with van der Waals surface area (Å²) < 4.78 is 0. The van der Waals surface area contributed by atoms with E-state index in [1.54, 1.807) is 4.90 Å². The number of carbonyl (C=O) groups is 2. The highest BCUT2D eigenvalue weighted by Gasteiger charge is 2.49. The Morgan fingerprint density at radius 2 is 2.00 bits per heavy atom. The van der Waals surface area contributed by atoms with Crippen LogP contribution in [0.4, 0.5) is 0 Å². The van der Waals surface area contributed by atoms with Gasteiger partial charge in [0.1, 0.15) is 5.54 Å². The monoisotopic (exact) mass is 226 g/mol. The van der Waals surface area contributed by atoms with E-state index in [-0.39, 0.29) is 5.91 Å². The number of nitrogens with one attached hydrogen (secondary N) is 1. The van der Waals surface area contributed by atoms with Gasteiger partial charge in [0, 0.05) is 13.1 Å². The average Bonchev–Trinajstić information content (AvgIpc) is 2.75. The number of amides is 2. The summed E-state index contributed by atoms with van der Waals surface area (Å²) in [5.74, 6) is 0.868. The molecular formula is C12H22N2O2. The fourth-order valence-corrected chi connectivity index (χ4v) is 2.23. The molecule has 1 atom stereocenters. The fraction of sp³-hybridized carbons (Fsp3) is 0.833. The van der Waals surface area contributed by atoms with Gasteiger partial charge in [-0.2, -0.15) is 0 Å². The molecular weight excluding hydrogens is 204 g/mol. The van der Waals surface area contributed by atoms with Gasteiger partial charge in [-0.1, -0.05) is 20.8 Å². The third-order valence-electron chi connectivity index (χ3n) is 2.91. The predicted octanol–water partition coefficient (Wildman–Crippen LogP) is 1.16. The second-order valence-electron chi connectivity index (χ2n) is 5.17. The highest BCUT2D eigenvalue weighted by atomic mass is 16.2. The first-order chi connectivity index (χ1) is 7.53. The Kier molecular flexibility index (Phi) is 4.33. The molecule has 2 fully saturated rings. The van der Waals surface area contributed by atoms with Crippen LogP contribution in [-0.2, 0) is 9.59 Å². The van der Waals surface area contributed by atoms with Crippen molar-refractivity contribution in [3.8, 4) is 0 Å². The predicted molar refractivity (Wildman–Crippen MR) is 62.9 cm³/mol. The second-order valence-corrected chi connectivity index (χ2v) is 5.17. The van der Waals surface area contributed by atoms with Gasteiger partial charge in [-0.05, 0) is 25.2 Å². The Bertz CT molecular complexity index is 259. The van der Waals surface area contributed by atoms with Gasteiger partial charge in [-0.25, -0.2) is 0 Å². The number of carbonyl (C=O) groups excluding carboxylic acids is 2. The van der Waals surface area contributed by atoms with Crippen LogP contribution in [0.15, 0.2) is 0 Å². The number of nitrogens with zero attached hydrogens (tertiary/aromatic N) is 1. The zero-order valence-electron chi connectivity index (χ0n) is 10.5. The topological polar surface area (TPSA) is 49.4 Å². The van der Waals surface area contributed by atoms with Crippen LogP contribution < -0.4 is 5.32 Å². The van der Waals surface area contributed by atoms with Crippen molar-refractivity contribution in [3.05, 3.63) is 0 Å². The Labute approximate surface area is 97.4 Å². The van der Waals surface area contributed by atoms with Crippen LogP contribution in [0.25, 0.3) is 0 Å². The molecule has 4 nitrogen and oxygen atoms in total. The summed E-state index contributed by atoms with van der Waals surface area (Å²) in [6, 6.07) is 0. The molecule has 2 amide bonds. The molecule has 2 saturated heterocycles. The Morgan fingerprint density at radius 1 is 1.38 bits per heavy atom. The van der Waals surface area contributed by atoms with E-state index in [0.29, 0.717) is 6.54 Å². The van der Waals surface area contributed by atoms with Crippen LogP contribution in [0.3, 0.4) is 0 Å². The van der Waals surface area contributed by atoms with Crippen molar-refractivity contribution in [2.45, 2.75) is 45.6 Å². The second kappa shape index (κ2) is 5.32. The summed E-state index contributed by atoms with van der Waals surface area (Å²) in [7, 11) is 0. The minimum absolute atomic E-state index is 0.0344. The normalized spacial score (nSPS) is 28.0. The average molecular weight is 226 g/mol. The van der Waals surface area contributed by atoms with Crippen LogP contribution in [-0.4, -0.2) is 35.8 Å². The molecule has 92 valence electrons. The van der Waals surface area contributed by atoms with Crippen LogP contribution in [0.2, 0.25) is 0 Å². The smallest absolute Gasteiger partial charge is 0.246 e. The maximum Gasteiger partial charge on any atom is 0.246 e. The quantitative estimate of drug-likeness (QED) is 0.682. The van der Waals surface area contributed by atoms with Gasteiger partial charge >= 0.3 is 0 Å². The van der Waals surface area contributed by atoms with Gasteiger partial charge in [-0.15, -0.1) is 0 Å². The Morgan fingerprint density at radius 3 is 2.44 bits per heavy atom. The van der Waals surface area contributed by atoms with E-state index >= 15 is 0 Å². The summed E-state index contributed by atoms with van der Waals surface area (Å²) in [5, 5.41) is 2.78. The Hall–Kier alpha value is -1.06. The highest BCUT2D eigenvalue weighted by molar-refractivity contribution is 5.90. The lowest BCUT2D eigenvalue weighted by Crippen LogP contribution is -2.48. The number of hydrogen-bond donors (Lipinski definition) is 1. The lowest BCUT2D eigenvalue weighted by Gasteiger charge is -2.28. The summed E-state index contributed by atoms with van der Waals surface area (Å²) in [6.45, 7) is 7.94. The van der Waals surface area contributed by atoms with Crippen molar-refractivity contribution < 1.29 is 9.59 Å². The molecule has 2 heterocycles. The third-order valence-corrected chi connectivity index (χ3v) is 2.91. The zero-order valence-corrected chi connectivity index (χ0v) is 10.5. The van der Waals surface area contributed by atoms with Crippen LogP contribution in [0.1, 0.15) is 40.0 Å². The highest BCUT2D eigenvalue weighted by Crippen LogP contribution is 2.33. The molecule has 2 aliphatic rings. The minimum atomic E-state index is -0.470. The van der Waals surface area contributed by atoms with Crippen molar-refractivity contribution in [1.82, 2.24) is 10.2 Å². The molecule has 0 radical (unpaired) electrons. The molecule has 0 saturated carbocycles. The van der Waals surface area contributed by atoms with Crippen molar-refractivity contribution in [1.29, 1.82) is 0 Å². The molecule has 0 aromatic heterocycles. The van der Waals surface area contributed by atoms with E-state index in [4.69, 9.17) is 0 Å². The molecule has 0 aromatic rings. The summed E-state index contributed by atoms with van der Waals surface area (Å²) >= 11 is 0. The fourth-order valence-electron chi connectivity index (χ4n) is 2.23. The maximum absolute atomic E-state index is 11.5. The van der Waals surface area contributed by atoms with Crippen LogP contribution in [0, 0.1) is 5.92 Å². The van der Waals surface area contributed by atoms with Gasteiger partial charge in [-0.3, -0.25) is 9.59 Å². The standard InChI is InChI=1S/C8H12N2O2.C4H10/c11-6-10-5-1-2-8(10)3-4-9-7(8)12;1-4(2)3/h6H,1-5H2,(H,9,12);4H,1-3H3. The Balaban J connectivity index is 0.000000280. The molecule has 4 heteroatoms. The van der Waals surface area contributed by atoms with Crippen molar-refractivity contribution >= 4 is 12.3 Å². The van der Waals surface area contributed by atoms with E-state index in [9.17, 15) is 9.59 Å². The summed E-state index contributed by atoms with van der Waals surface area (Å²) in [5.41, 5.74) is -0.470. The van der Waals surface area contributed by atoms with Gasteiger partial charge in [0.2, 0.25) is 12.3 Å². The lowest BCUT2D eigenvalue weighted by molar-refractivity contribution is -0.135. The maximum atomic E-state index is 11.5. The number of likely N-dealkylation sites (tertiary alicyclic amines) is 1. The van der Waals surface area contributed by atoms with Gasteiger partial charge in [0.05, 0.1) is 0 Å². The first-order valence-electron chi connectivity index (χ1n) is 6.03. The lowest BCUT2D eigenvalue weighted by atomic mass is 9.95. The molecule has 0 bridgehead atoms. The summed E-state index contributed by atoms with van der Waals surface area (Å²) in [6.07, 6.45) is 3.37. The largest absolute Gasteiger partial charge is 0.354 e. The third kappa shape index (κ3) is 2.54. The molecule has 1 unspecified atom stereocenters. The molecule has 2 rings (SSSR count). The summed E-state index contributed by atoms with van der Waals surface area (Å²) in [4.78, 5) is 23.8. The molecule has 2 aliphatic heterocycles. The molecule has 0 aliphatic carbocycles. The van der Waals surface area contributed by atoms with Crippen LogP contribution in [0.5, 0.6) is 0 Å². The van der Waals surface area contributed by atoms with Gasteiger partial charge in [0.25, 0.3) is 0 Å². The van der Waals surface area contributed by atoms with E-state index in [1.165, 1.54) is 0 Å². The van der Waals surface area contributed by atoms with Gasteiger partial charge in [0.15, 0.2) is 0 Å². The van der Waals surface area contributed by atoms with Crippen LogP contribution >= 0.6 is 0 Å². The SMILES string of the molecule is CC(C)C.O=CN1CCCC12CCNC2=O. The first kappa shape index (κ1) is 13.0.